The normalized spacial score (nSPS) is 13.6. The van der Waals surface area contributed by atoms with Crippen molar-refractivity contribution >= 4 is 40.5 Å². The summed E-state index contributed by atoms with van der Waals surface area (Å²) >= 11 is 6.49. The highest BCUT2D eigenvalue weighted by atomic mass is 35.5. The van der Waals surface area contributed by atoms with E-state index in [1.54, 1.807) is 36.4 Å². The zero-order chi connectivity index (χ0) is 24.2. The number of amides is 2. The third-order valence-corrected chi connectivity index (χ3v) is 5.96. The van der Waals surface area contributed by atoms with Gasteiger partial charge in [-0.15, -0.1) is 0 Å². The second kappa shape index (κ2) is 9.96. The molecule has 0 spiro atoms. The molecule has 2 amide bonds. The average molecular weight is 483 g/mol. The number of piperazine rings is 1. The number of non-ortho nitro benzene ring substituents is 1. The Morgan fingerprint density at radius 1 is 1.09 bits per heavy atom. The van der Waals surface area contributed by atoms with E-state index in [1.807, 2.05) is 16.7 Å². The Labute approximate surface area is 201 Å². The predicted molar refractivity (Wildman–Crippen MR) is 129 cm³/mol. The summed E-state index contributed by atoms with van der Waals surface area (Å²) < 4.78 is 5.68. The first kappa shape index (κ1) is 23.3. The number of carbonyl (C=O) groups excluding carboxylic acids is 2. The van der Waals surface area contributed by atoms with Gasteiger partial charge >= 0.3 is 0 Å². The van der Waals surface area contributed by atoms with Gasteiger partial charge in [0.2, 0.25) is 5.91 Å². The van der Waals surface area contributed by atoms with E-state index in [9.17, 15) is 19.7 Å². The first-order valence-corrected chi connectivity index (χ1v) is 11.2. The van der Waals surface area contributed by atoms with Crippen LogP contribution in [0.5, 0.6) is 0 Å². The number of furan rings is 1. The molecule has 0 radical (unpaired) electrons. The summed E-state index contributed by atoms with van der Waals surface area (Å²) in [6.45, 7) is 4.19. The number of hydrogen-bond donors (Lipinski definition) is 1. The smallest absolute Gasteiger partial charge is 0.291 e. The van der Waals surface area contributed by atoms with Gasteiger partial charge in [0.1, 0.15) is 5.76 Å². The molecule has 1 aromatic heterocycles. The minimum absolute atomic E-state index is 0.0609. The maximum Gasteiger partial charge on any atom is 0.291 e. The van der Waals surface area contributed by atoms with Crippen LogP contribution in [0.3, 0.4) is 0 Å². The molecular weight excluding hydrogens is 460 g/mol. The minimum atomic E-state index is -0.487. The fraction of sp³-hybridized carbons (Fsp3) is 0.250. The molecule has 2 aromatic carbocycles. The fourth-order valence-corrected chi connectivity index (χ4v) is 4.21. The number of anilines is 2. The van der Waals surface area contributed by atoms with E-state index in [2.05, 4.69) is 5.32 Å². The Morgan fingerprint density at radius 3 is 2.53 bits per heavy atom. The van der Waals surface area contributed by atoms with Crippen LogP contribution >= 0.6 is 11.6 Å². The van der Waals surface area contributed by atoms with E-state index in [0.717, 1.165) is 0 Å². The van der Waals surface area contributed by atoms with E-state index < -0.39 is 10.8 Å². The molecule has 1 fully saturated rings. The first-order valence-electron chi connectivity index (χ1n) is 10.8. The lowest BCUT2D eigenvalue weighted by Gasteiger charge is -2.37. The summed E-state index contributed by atoms with van der Waals surface area (Å²) in [7, 11) is 0. The molecule has 9 nitrogen and oxygen atoms in total. The number of nitro benzene ring substituents is 1. The molecule has 3 aromatic rings. The number of nitrogens with one attached hydrogen (secondary N) is 1. The second-order valence-corrected chi connectivity index (χ2v) is 8.19. The Kier molecular flexibility index (Phi) is 6.83. The van der Waals surface area contributed by atoms with Crippen LogP contribution in [0.1, 0.15) is 23.9 Å². The number of nitro groups is 1. The van der Waals surface area contributed by atoms with Gasteiger partial charge in [-0.2, -0.15) is 0 Å². The van der Waals surface area contributed by atoms with Gasteiger partial charge in [-0.3, -0.25) is 19.7 Å². The second-order valence-electron chi connectivity index (χ2n) is 7.78. The van der Waals surface area contributed by atoms with Crippen LogP contribution in [0.2, 0.25) is 5.02 Å². The summed E-state index contributed by atoms with van der Waals surface area (Å²) in [5, 5.41) is 14.4. The lowest BCUT2D eigenvalue weighted by atomic mass is 10.1. The van der Waals surface area contributed by atoms with Gasteiger partial charge in [-0.25, -0.2) is 0 Å². The molecule has 1 N–H and O–H groups in total. The minimum Gasteiger partial charge on any atom is -0.451 e. The number of para-hydroxylation sites is 1. The Morgan fingerprint density at radius 2 is 1.82 bits per heavy atom. The molecule has 1 saturated heterocycles. The monoisotopic (exact) mass is 482 g/mol. The number of rotatable bonds is 6. The molecule has 2 heterocycles. The molecule has 1 aliphatic rings. The van der Waals surface area contributed by atoms with Gasteiger partial charge in [0.25, 0.3) is 11.6 Å². The molecule has 0 unspecified atom stereocenters. The van der Waals surface area contributed by atoms with Gasteiger partial charge in [0, 0.05) is 50.3 Å². The zero-order valence-corrected chi connectivity index (χ0v) is 19.2. The van der Waals surface area contributed by atoms with Crippen molar-refractivity contribution in [3.8, 4) is 11.3 Å². The van der Waals surface area contributed by atoms with Gasteiger partial charge in [0.05, 0.1) is 21.3 Å². The number of hydrogen-bond acceptors (Lipinski definition) is 6. The molecule has 34 heavy (non-hydrogen) atoms. The molecule has 4 rings (SSSR count). The van der Waals surface area contributed by atoms with E-state index in [-0.39, 0.29) is 17.4 Å². The number of benzene rings is 2. The molecule has 176 valence electrons. The summed E-state index contributed by atoms with van der Waals surface area (Å²) in [5.74, 6) is 0.0485. The van der Waals surface area contributed by atoms with Gasteiger partial charge in [0.15, 0.2) is 5.76 Å². The van der Waals surface area contributed by atoms with Crippen molar-refractivity contribution in [3.05, 3.63) is 75.5 Å². The van der Waals surface area contributed by atoms with Gasteiger partial charge in [-0.1, -0.05) is 36.7 Å². The van der Waals surface area contributed by atoms with Crippen LogP contribution < -0.4 is 10.2 Å². The molecular formula is C24H23ClN4O5. The Balaban J connectivity index is 1.52. The van der Waals surface area contributed by atoms with E-state index in [0.29, 0.717) is 60.3 Å². The average Bonchev–Trinajstić information content (AvgIpc) is 3.35. The molecule has 0 atom stereocenters. The van der Waals surface area contributed by atoms with Crippen molar-refractivity contribution in [3.63, 3.8) is 0 Å². The van der Waals surface area contributed by atoms with E-state index in [4.69, 9.17) is 16.0 Å². The standard InChI is InChI=1S/C24H23ClN4O5/c1-2-22(30)27-11-13-28(14-12-27)23-18(25)7-4-8-19(23)26-24(31)21-10-9-20(34-21)16-5-3-6-17(15-16)29(32)33/h3-10,15H,2,11-14H2,1H3,(H,26,31). The largest absolute Gasteiger partial charge is 0.451 e. The van der Waals surface area contributed by atoms with Gasteiger partial charge in [-0.05, 0) is 24.3 Å². The zero-order valence-electron chi connectivity index (χ0n) is 18.5. The van der Waals surface area contributed by atoms with Crippen LogP contribution in [-0.4, -0.2) is 47.8 Å². The highest BCUT2D eigenvalue weighted by Gasteiger charge is 2.24. The SMILES string of the molecule is CCC(=O)N1CCN(c2c(Cl)cccc2NC(=O)c2ccc(-c3cccc([N+](=O)[O-])c3)o2)CC1. The summed E-state index contributed by atoms with van der Waals surface area (Å²) in [6, 6.07) is 14.4. The van der Waals surface area contributed by atoms with Crippen LogP contribution in [0.15, 0.2) is 59.0 Å². The van der Waals surface area contributed by atoms with Crippen molar-refractivity contribution < 1.29 is 18.9 Å². The topological polar surface area (TPSA) is 109 Å². The van der Waals surface area contributed by atoms with Crippen molar-refractivity contribution in [2.45, 2.75) is 13.3 Å². The fourth-order valence-electron chi connectivity index (χ4n) is 3.91. The summed E-state index contributed by atoms with van der Waals surface area (Å²) in [4.78, 5) is 39.3. The molecule has 10 heteroatoms. The van der Waals surface area contributed by atoms with Crippen LogP contribution in [0.4, 0.5) is 17.1 Å². The van der Waals surface area contributed by atoms with Crippen LogP contribution in [0.25, 0.3) is 11.3 Å². The van der Waals surface area contributed by atoms with E-state index in [1.165, 1.54) is 18.2 Å². The van der Waals surface area contributed by atoms with Gasteiger partial charge < -0.3 is 19.5 Å². The van der Waals surface area contributed by atoms with Crippen molar-refractivity contribution in [2.24, 2.45) is 0 Å². The number of nitrogens with zero attached hydrogens (tertiary/aromatic N) is 3. The third kappa shape index (κ3) is 4.89. The maximum absolute atomic E-state index is 12.9. The third-order valence-electron chi connectivity index (χ3n) is 5.66. The lowest BCUT2D eigenvalue weighted by molar-refractivity contribution is -0.384. The Hall–Kier alpha value is -3.85. The molecule has 0 bridgehead atoms. The van der Waals surface area contributed by atoms with Crippen LogP contribution in [0, 0.1) is 10.1 Å². The first-order chi connectivity index (χ1) is 16.4. The molecule has 0 aliphatic carbocycles. The predicted octanol–water partition coefficient (Wildman–Crippen LogP) is 4.82. The highest BCUT2D eigenvalue weighted by Crippen LogP contribution is 2.35. The quantitative estimate of drug-likeness (QED) is 0.398. The highest BCUT2D eigenvalue weighted by molar-refractivity contribution is 6.34. The van der Waals surface area contributed by atoms with Crippen molar-refractivity contribution in [1.82, 2.24) is 4.90 Å². The van der Waals surface area contributed by atoms with Crippen molar-refractivity contribution in [2.75, 3.05) is 36.4 Å². The lowest BCUT2D eigenvalue weighted by Crippen LogP contribution is -2.48. The maximum atomic E-state index is 12.9. The molecule has 0 saturated carbocycles. The molecule has 1 aliphatic heterocycles. The summed E-state index contributed by atoms with van der Waals surface area (Å²) in [5.41, 5.74) is 1.65. The summed E-state index contributed by atoms with van der Waals surface area (Å²) in [6.07, 6.45) is 0.467. The van der Waals surface area contributed by atoms with E-state index >= 15 is 0 Å². The Bertz CT molecular complexity index is 1230. The van der Waals surface area contributed by atoms with Crippen LogP contribution in [-0.2, 0) is 4.79 Å². The number of carbonyl (C=O) groups is 2. The van der Waals surface area contributed by atoms with Crippen molar-refractivity contribution in [1.29, 1.82) is 0 Å². The number of halogens is 1.